The quantitative estimate of drug-likeness (QED) is 0.923. The summed E-state index contributed by atoms with van der Waals surface area (Å²) in [5, 5.41) is 4.21. The molecule has 1 aromatic rings. The molecule has 1 aromatic carbocycles. The molecule has 1 N–H and O–H groups in total. The summed E-state index contributed by atoms with van der Waals surface area (Å²) >= 11 is 5.83. The fourth-order valence-electron chi connectivity index (χ4n) is 2.96. The van der Waals surface area contributed by atoms with Gasteiger partial charge < -0.3 is 10.1 Å². The van der Waals surface area contributed by atoms with Crippen molar-refractivity contribution < 1.29 is 4.74 Å². The molecule has 0 amide bonds. The van der Waals surface area contributed by atoms with E-state index in [2.05, 4.69) is 10.2 Å². The molecule has 0 bridgehead atoms. The largest absolute Gasteiger partial charge is 0.492 e. The Hall–Kier alpha value is -0.480. The molecule has 5 heteroatoms. The minimum atomic E-state index is 0. The van der Waals surface area contributed by atoms with Gasteiger partial charge in [0, 0.05) is 24.7 Å². The van der Waals surface area contributed by atoms with Crippen LogP contribution in [0.15, 0.2) is 24.3 Å². The Morgan fingerprint density at radius 2 is 1.79 bits per heavy atom. The Balaban J connectivity index is 0.00000133. The summed E-state index contributed by atoms with van der Waals surface area (Å²) in [6.45, 7) is 6.62. The van der Waals surface area contributed by atoms with Crippen LogP contribution in [0.3, 0.4) is 0 Å². The van der Waals surface area contributed by atoms with Crippen LogP contribution in [0.1, 0.15) is 0 Å². The van der Waals surface area contributed by atoms with Gasteiger partial charge in [0.2, 0.25) is 0 Å². The molecule has 0 spiro atoms. The lowest BCUT2D eigenvalue weighted by molar-refractivity contribution is 0.228. The monoisotopic (exact) mass is 302 g/mol. The first-order valence-electron chi connectivity index (χ1n) is 6.63. The minimum Gasteiger partial charge on any atom is -0.492 e. The van der Waals surface area contributed by atoms with Crippen molar-refractivity contribution in [1.29, 1.82) is 0 Å². The van der Waals surface area contributed by atoms with Crippen molar-refractivity contribution in [2.24, 2.45) is 11.8 Å². The van der Waals surface area contributed by atoms with E-state index in [-0.39, 0.29) is 12.4 Å². The lowest BCUT2D eigenvalue weighted by Crippen LogP contribution is -2.29. The van der Waals surface area contributed by atoms with Gasteiger partial charge in [-0.05, 0) is 49.2 Å². The van der Waals surface area contributed by atoms with Gasteiger partial charge in [-0.3, -0.25) is 4.90 Å². The van der Waals surface area contributed by atoms with Gasteiger partial charge in [-0.15, -0.1) is 12.4 Å². The van der Waals surface area contributed by atoms with Crippen molar-refractivity contribution in [1.82, 2.24) is 10.2 Å². The summed E-state index contributed by atoms with van der Waals surface area (Å²) in [6, 6.07) is 7.57. The van der Waals surface area contributed by atoms with Gasteiger partial charge in [0.15, 0.2) is 0 Å². The molecule has 0 unspecified atom stereocenters. The van der Waals surface area contributed by atoms with Crippen LogP contribution in [0.25, 0.3) is 0 Å². The lowest BCUT2D eigenvalue weighted by Gasteiger charge is -2.17. The van der Waals surface area contributed by atoms with Crippen LogP contribution >= 0.6 is 24.0 Å². The molecule has 0 aromatic heterocycles. The zero-order valence-corrected chi connectivity index (χ0v) is 12.4. The zero-order valence-electron chi connectivity index (χ0n) is 10.8. The summed E-state index contributed by atoms with van der Waals surface area (Å²) < 4.78 is 5.73. The number of fused-ring (bicyclic) bond motifs is 1. The van der Waals surface area contributed by atoms with Crippen molar-refractivity contribution in [3.05, 3.63) is 29.3 Å². The van der Waals surface area contributed by atoms with Crippen LogP contribution in [-0.4, -0.2) is 44.2 Å². The van der Waals surface area contributed by atoms with E-state index in [0.717, 1.165) is 35.8 Å². The molecule has 2 fully saturated rings. The smallest absolute Gasteiger partial charge is 0.119 e. The van der Waals surface area contributed by atoms with Crippen LogP contribution in [-0.2, 0) is 0 Å². The molecule has 19 heavy (non-hydrogen) atoms. The fourth-order valence-corrected chi connectivity index (χ4v) is 3.08. The summed E-state index contributed by atoms with van der Waals surface area (Å²) in [4.78, 5) is 2.52. The third-order valence-corrected chi connectivity index (χ3v) is 4.21. The van der Waals surface area contributed by atoms with Crippen molar-refractivity contribution in [3.8, 4) is 5.75 Å². The molecule has 3 rings (SSSR count). The molecule has 0 saturated carbocycles. The number of benzene rings is 1. The SMILES string of the molecule is Cl.Clc1ccc(OCCN2C[C@H]3CNC[C@H]3C2)cc1. The first-order valence-corrected chi connectivity index (χ1v) is 7.00. The van der Waals surface area contributed by atoms with Crippen LogP contribution in [0.2, 0.25) is 5.02 Å². The number of nitrogens with one attached hydrogen (secondary N) is 1. The van der Waals surface area contributed by atoms with Crippen molar-refractivity contribution in [3.63, 3.8) is 0 Å². The lowest BCUT2D eigenvalue weighted by atomic mass is 10.0. The van der Waals surface area contributed by atoms with Crippen molar-refractivity contribution in [2.75, 3.05) is 39.3 Å². The topological polar surface area (TPSA) is 24.5 Å². The van der Waals surface area contributed by atoms with E-state index in [4.69, 9.17) is 16.3 Å². The highest BCUT2D eigenvalue weighted by Crippen LogP contribution is 2.25. The summed E-state index contributed by atoms with van der Waals surface area (Å²) in [6.07, 6.45) is 0. The predicted molar refractivity (Wildman–Crippen MR) is 80.5 cm³/mol. The summed E-state index contributed by atoms with van der Waals surface area (Å²) in [5.41, 5.74) is 0. The molecule has 2 heterocycles. The molecule has 2 saturated heterocycles. The van der Waals surface area contributed by atoms with Crippen LogP contribution in [0.5, 0.6) is 5.75 Å². The Bertz CT molecular complexity index is 387. The van der Waals surface area contributed by atoms with Crippen LogP contribution in [0, 0.1) is 11.8 Å². The first-order chi connectivity index (χ1) is 8.81. The third kappa shape index (κ3) is 3.76. The number of likely N-dealkylation sites (tertiary alicyclic amines) is 1. The first kappa shape index (κ1) is 14.9. The average molecular weight is 303 g/mol. The van der Waals surface area contributed by atoms with Crippen LogP contribution in [0.4, 0.5) is 0 Å². The molecule has 2 atom stereocenters. The highest BCUT2D eigenvalue weighted by Gasteiger charge is 2.35. The highest BCUT2D eigenvalue weighted by molar-refractivity contribution is 6.30. The Labute approximate surface area is 125 Å². The second-order valence-corrected chi connectivity index (χ2v) is 5.68. The van der Waals surface area contributed by atoms with Gasteiger partial charge in [0.1, 0.15) is 12.4 Å². The fraction of sp³-hybridized carbons (Fsp3) is 0.571. The van der Waals surface area contributed by atoms with E-state index in [1.54, 1.807) is 0 Å². The zero-order chi connectivity index (χ0) is 12.4. The van der Waals surface area contributed by atoms with E-state index in [1.165, 1.54) is 26.2 Å². The summed E-state index contributed by atoms with van der Waals surface area (Å²) in [5.74, 6) is 2.63. The van der Waals surface area contributed by atoms with Crippen LogP contribution < -0.4 is 10.1 Å². The standard InChI is InChI=1S/C14H19ClN2O.ClH/c15-13-1-3-14(4-2-13)18-6-5-17-9-11-7-16-8-12(11)10-17;/h1-4,11-12,16H,5-10H2;1H/t11-,12+;. The van der Waals surface area contributed by atoms with E-state index in [0.29, 0.717) is 0 Å². The molecular formula is C14H20Cl2N2O. The molecule has 0 radical (unpaired) electrons. The van der Waals surface area contributed by atoms with E-state index >= 15 is 0 Å². The number of ether oxygens (including phenoxy) is 1. The Morgan fingerprint density at radius 3 is 2.42 bits per heavy atom. The number of hydrogen-bond donors (Lipinski definition) is 1. The summed E-state index contributed by atoms with van der Waals surface area (Å²) in [7, 11) is 0. The van der Waals surface area contributed by atoms with Gasteiger partial charge in [-0.25, -0.2) is 0 Å². The number of nitrogens with zero attached hydrogens (tertiary/aromatic N) is 1. The van der Waals surface area contributed by atoms with Gasteiger partial charge in [0.05, 0.1) is 0 Å². The number of halogens is 2. The maximum atomic E-state index is 5.83. The van der Waals surface area contributed by atoms with Gasteiger partial charge in [0.25, 0.3) is 0 Å². The number of hydrogen-bond acceptors (Lipinski definition) is 3. The maximum absolute atomic E-state index is 5.83. The molecule has 2 aliphatic heterocycles. The van der Waals surface area contributed by atoms with Crippen molar-refractivity contribution >= 4 is 24.0 Å². The molecule has 2 aliphatic rings. The van der Waals surface area contributed by atoms with E-state index in [1.807, 2.05) is 24.3 Å². The Morgan fingerprint density at radius 1 is 1.16 bits per heavy atom. The maximum Gasteiger partial charge on any atom is 0.119 e. The molecular weight excluding hydrogens is 283 g/mol. The second-order valence-electron chi connectivity index (χ2n) is 5.24. The highest BCUT2D eigenvalue weighted by atomic mass is 35.5. The van der Waals surface area contributed by atoms with Gasteiger partial charge >= 0.3 is 0 Å². The van der Waals surface area contributed by atoms with Crippen molar-refractivity contribution in [2.45, 2.75) is 0 Å². The molecule has 106 valence electrons. The molecule has 3 nitrogen and oxygen atoms in total. The average Bonchev–Trinajstić information content (AvgIpc) is 2.92. The second kappa shape index (κ2) is 6.80. The normalized spacial score (nSPS) is 25.9. The third-order valence-electron chi connectivity index (χ3n) is 3.96. The minimum absolute atomic E-state index is 0. The Kier molecular flexibility index (Phi) is 5.34. The predicted octanol–water partition coefficient (Wildman–Crippen LogP) is 2.29. The molecule has 0 aliphatic carbocycles. The van der Waals surface area contributed by atoms with E-state index in [9.17, 15) is 0 Å². The van der Waals surface area contributed by atoms with Gasteiger partial charge in [-0.1, -0.05) is 11.6 Å². The van der Waals surface area contributed by atoms with Gasteiger partial charge in [-0.2, -0.15) is 0 Å². The van der Waals surface area contributed by atoms with E-state index < -0.39 is 0 Å². The number of rotatable bonds is 4.